The molecule has 0 bridgehead atoms. The average Bonchev–Trinajstić information content (AvgIpc) is 2.79. The second-order valence-corrected chi connectivity index (χ2v) is 9.09. The highest BCUT2D eigenvalue weighted by Crippen LogP contribution is 2.37. The largest absolute Gasteiger partial charge is 0.474 e. The number of pyridine rings is 1. The smallest absolute Gasteiger partial charge is 0.224 e. The van der Waals surface area contributed by atoms with Crippen molar-refractivity contribution in [3.8, 4) is 5.88 Å². The van der Waals surface area contributed by atoms with Gasteiger partial charge in [-0.05, 0) is 43.9 Å². The number of aliphatic hydroxyl groups is 1. The molecule has 2 aromatic rings. The van der Waals surface area contributed by atoms with Crippen LogP contribution >= 0.6 is 0 Å². The molecule has 0 spiro atoms. The van der Waals surface area contributed by atoms with Crippen molar-refractivity contribution in [2.45, 2.75) is 76.4 Å². The number of rotatable bonds is 8. The normalized spacial score (nSPS) is 23.7. The third kappa shape index (κ3) is 5.70. The summed E-state index contributed by atoms with van der Waals surface area (Å²) in [7, 11) is 1.74. The van der Waals surface area contributed by atoms with Crippen LogP contribution in [0, 0.1) is 5.92 Å². The first-order valence-corrected chi connectivity index (χ1v) is 11.7. The Kier molecular flexibility index (Phi) is 7.69. The summed E-state index contributed by atoms with van der Waals surface area (Å²) < 4.78 is 17.0. The molecule has 2 fully saturated rings. The number of ether oxygens (including phenoxy) is 3. The second kappa shape index (κ2) is 10.7. The topological polar surface area (TPSA) is 86.6 Å². The Hall–Kier alpha value is -1.83. The summed E-state index contributed by atoms with van der Waals surface area (Å²) in [6, 6.07) is 0. The van der Waals surface area contributed by atoms with E-state index in [1.165, 1.54) is 0 Å². The van der Waals surface area contributed by atoms with Gasteiger partial charge in [-0.25, -0.2) is 15.0 Å². The van der Waals surface area contributed by atoms with Crippen molar-refractivity contribution in [1.82, 2.24) is 15.0 Å². The SMILES string of the molecule is COCC[C@H](C)Cc1ncc2c(OC3CCOCC3)ncc(C3CCC(O)CC3)c2n1. The first-order chi connectivity index (χ1) is 15.1. The van der Waals surface area contributed by atoms with Gasteiger partial charge in [0.05, 0.1) is 30.2 Å². The lowest BCUT2D eigenvalue weighted by Crippen LogP contribution is -2.26. The Morgan fingerprint density at radius 3 is 2.61 bits per heavy atom. The molecule has 2 aliphatic rings. The molecule has 7 heteroatoms. The summed E-state index contributed by atoms with van der Waals surface area (Å²) in [4.78, 5) is 14.4. The number of nitrogens with zero attached hydrogens (tertiary/aromatic N) is 3. The summed E-state index contributed by atoms with van der Waals surface area (Å²) in [5.41, 5.74) is 2.12. The second-order valence-electron chi connectivity index (χ2n) is 9.09. The highest BCUT2D eigenvalue weighted by Gasteiger charge is 2.26. The van der Waals surface area contributed by atoms with Crippen LogP contribution in [-0.2, 0) is 15.9 Å². The molecule has 1 saturated heterocycles. The molecule has 1 aliphatic heterocycles. The lowest BCUT2D eigenvalue weighted by atomic mass is 9.82. The molecule has 1 atom stereocenters. The molecule has 4 rings (SSSR count). The molecule has 0 aromatic carbocycles. The Morgan fingerprint density at radius 1 is 1.10 bits per heavy atom. The monoisotopic (exact) mass is 429 g/mol. The van der Waals surface area contributed by atoms with Crippen molar-refractivity contribution in [2.75, 3.05) is 26.9 Å². The Labute approximate surface area is 184 Å². The quantitative estimate of drug-likeness (QED) is 0.683. The number of aliphatic hydroxyl groups excluding tert-OH is 1. The van der Waals surface area contributed by atoms with Crippen molar-refractivity contribution in [2.24, 2.45) is 5.92 Å². The van der Waals surface area contributed by atoms with Crippen molar-refractivity contribution >= 4 is 10.9 Å². The Balaban J connectivity index is 1.64. The minimum Gasteiger partial charge on any atom is -0.474 e. The van der Waals surface area contributed by atoms with Gasteiger partial charge in [-0.3, -0.25) is 0 Å². The minimum absolute atomic E-state index is 0.119. The lowest BCUT2D eigenvalue weighted by Gasteiger charge is -2.27. The van der Waals surface area contributed by atoms with Crippen LogP contribution in [0.3, 0.4) is 0 Å². The van der Waals surface area contributed by atoms with Crippen molar-refractivity contribution < 1.29 is 19.3 Å². The average molecular weight is 430 g/mol. The van der Waals surface area contributed by atoms with Crippen molar-refractivity contribution in [3.05, 3.63) is 23.8 Å². The van der Waals surface area contributed by atoms with E-state index in [1.807, 2.05) is 12.4 Å². The number of hydrogen-bond acceptors (Lipinski definition) is 7. The lowest BCUT2D eigenvalue weighted by molar-refractivity contribution is 0.0244. The number of methoxy groups -OCH3 is 1. The Morgan fingerprint density at radius 2 is 1.87 bits per heavy atom. The van der Waals surface area contributed by atoms with Crippen LogP contribution in [0.2, 0.25) is 0 Å². The molecular formula is C24H35N3O4. The predicted molar refractivity (Wildman–Crippen MR) is 118 cm³/mol. The molecule has 1 aliphatic carbocycles. The number of fused-ring (bicyclic) bond motifs is 1. The van der Waals surface area contributed by atoms with Crippen LogP contribution in [0.15, 0.2) is 12.4 Å². The first-order valence-electron chi connectivity index (χ1n) is 11.7. The van der Waals surface area contributed by atoms with E-state index in [0.717, 1.165) is 93.5 Å². The van der Waals surface area contributed by atoms with Crippen LogP contribution in [0.4, 0.5) is 0 Å². The molecule has 0 unspecified atom stereocenters. The van der Waals surface area contributed by atoms with E-state index >= 15 is 0 Å². The fraction of sp³-hybridized carbons (Fsp3) is 0.708. The van der Waals surface area contributed by atoms with E-state index < -0.39 is 0 Å². The molecule has 0 radical (unpaired) electrons. The van der Waals surface area contributed by atoms with E-state index in [1.54, 1.807) is 7.11 Å². The van der Waals surface area contributed by atoms with Gasteiger partial charge >= 0.3 is 0 Å². The summed E-state index contributed by atoms with van der Waals surface area (Å²) in [6.45, 7) is 4.41. The summed E-state index contributed by atoms with van der Waals surface area (Å²) in [5.74, 6) is 2.30. The van der Waals surface area contributed by atoms with E-state index in [0.29, 0.717) is 17.7 Å². The third-order valence-corrected chi connectivity index (χ3v) is 6.59. The summed E-state index contributed by atoms with van der Waals surface area (Å²) in [6.07, 6.45) is 10.9. The highest BCUT2D eigenvalue weighted by atomic mass is 16.5. The maximum atomic E-state index is 9.95. The van der Waals surface area contributed by atoms with Gasteiger partial charge in [0.2, 0.25) is 5.88 Å². The van der Waals surface area contributed by atoms with E-state index in [2.05, 4.69) is 11.9 Å². The number of aromatic nitrogens is 3. The van der Waals surface area contributed by atoms with Crippen molar-refractivity contribution in [3.63, 3.8) is 0 Å². The number of hydrogen-bond donors (Lipinski definition) is 1. The molecule has 1 N–H and O–H groups in total. The highest BCUT2D eigenvalue weighted by molar-refractivity contribution is 5.85. The standard InChI is InChI=1S/C24H35N3O4/c1-16(7-10-29-2)13-22-25-15-21-23(27-22)20(17-3-5-18(28)6-4-17)14-26-24(21)31-19-8-11-30-12-9-19/h14-19,28H,3-13H2,1-2H3/t16-,17?,18?/m0/s1. The maximum absolute atomic E-state index is 9.95. The molecule has 0 amide bonds. The van der Waals surface area contributed by atoms with Crippen LogP contribution < -0.4 is 4.74 Å². The molecule has 7 nitrogen and oxygen atoms in total. The predicted octanol–water partition coefficient (Wildman–Crippen LogP) is 3.82. The molecule has 3 heterocycles. The summed E-state index contributed by atoms with van der Waals surface area (Å²) in [5, 5.41) is 10.8. The van der Waals surface area contributed by atoms with E-state index in [4.69, 9.17) is 24.2 Å². The van der Waals surface area contributed by atoms with Gasteiger partial charge < -0.3 is 19.3 Å². The first kappa shape index (κ1) is 22.4. The van der Waals surface area contributed by atoms with Crippen LogP contribution in [0.25, 0.3) is 10.9 Å². The molecule has 170 valence electrons. The molecular weight excluding hydrogens is 394 g/mol. The van der Waals surface area contributed by atoms with Gasteiger partial charge in [0.1, 0.15) is 11.9 Å². The van der Waals surface area contributed by atoms with E-state index in [9.17, 15) is 5.11 Å². The van der Waals surface area contributed by atoms with Crippen LogP contribution in [0.1, 0.15) is 69.2 Å². The fourth-order valence-corrected chi connectivity index (χ4v) is 4.62. The zero-order valence-electron chi connectivity index (χ0n) is 18.8. The van der Waals surface area contributed by atoms with Crippen LogP contribution in [-0.4, -0.2) is 59.2 Å². The molecule has 31 heavy (non-hydrogen) atoms. The zero-order chi connectivity index (χ0) is 21.6. The van der Waals surface area contributed by atoms with Crippen LogP contribution in [0.5, 0.6) is 5.88 Å². The molecule has 1 saturated carbocycles. The molecule has 2 aromatic heterocycles. The summed E-state index contributed by atoms with van der Waals surface area (Å²) >= 11 is 0. The van der Waals surface area contributed by atoms with Gasteiger partial charge in [-0.15, -0.1) is 0 Å². The fourth-order valence-electron chi connectivity index (χ4n) is 4.62. The van der Waals surface area contributed by atoms with Gasteiger partial charge in [-0.1, -0.05) is 6.92 Å². The maximum Gasteiger partial charge on any atom is 0.224 e. The Bertz CT molecular complexity index is 848. The van der Waals surface area contributed by atoms with E-state index in [-0.39, 0.29) is 12.2 Å². The van der Waals surface area contributed by atoms with Gasteiger partial charge in [-0.2, -0.15) is 0 Å². The van der Waals surface area contributed by atoms with Gasteiger partial charge in [0.15, 0.2) is 0 Å². The third-order valence-electron chi connectivity index (χ3n) is 6.59. The van der Waals surface area contributed by atoms with Gasteiger partial charge in [0.25, 0.3) is 0 Å². The minimum atomic E-state index is -0.182. The van der Waals surface area contributed by atoms with Crippen molar-refractivity contribution in [1.29, 1.82) is 0 Å². The van der Waals surface area contributed by atoms with Gasteiger partial charge in [0, 0.05) is 50.9 Å². The zero-order valence-corrected chi connectivity index (χ0v) is 18.8.